The largest absolute Gasteiger partial charge is 0.371 e. The number of benzene rings is 1. The summed E-state index contributed by atoms with van der Waals surface area (Å²) in [7, 11) is 0. The van der Waals surface area contributed by atoms with Crippen molar-refractivity contribution in [2.75, 3.05) is 30.8 Å². The van der Waals surface area contributed by atoms with Crippen molar-refractivity contribution in [3.8, 4) is 0 Å². The van der Waals surface area contributed by atoms with Gasteiger partial charge in [0.05, 0.1) is 0 Å². The third-order valence-corrected chi connectivity index (χ3v) is 5.04. The van der Waals surface area contributed by atoms with E-state index in [-0.39, 0.29) is 0 Å². The van der Waals surface area contributed by atoms with Crippen LogP contribution in [0.4, 0.5) is 5.69 Å². The Balaban J connectivity index is 1.68. The van der Waals surface area contributed by atoms with Crippen LogP contribution in [0, 0.1) is 0 Å². The Bertz CT molecular complexity index is 347. The number of hydrogen-bond acceptors (Lipinski definition) is 3. The highest BCUT2D eigenvalue weighted by atomic mass is 32.2. The normalized spacial score (nSPS) is 18.5. The van der Waals surface area contributed by atoms with Crippen LogP contribution in [0.2, 0.25) is 0 Å². The van der Waals surface area contributed by atoms with Crippen molar-refractivity contribution >= 4 is 17.4 Å². The van der Waals surface area contributed by atoms with Gasteiger partial charge in [-0.05, 0) is 44.2 Å². The molecule has 0 aliphatic carbocycles. The molecule has 1 aliphatic rings. The first-order valence-corrected chi connectivity index (χ1v) is 8.64. The summed E-state index contributed by atoms with van der Waals surface area (Å²) in [5.41, 5.74) is 1.37. The van der Waals surface area contributed by atoms with E-state index in [0.29, 0.717) is 6.04 Å². The third kappa shape index (κ3) is 4.73. The van der Waals surface area contributed by atoms with Crippen molar-refractivity contribution in [1.29, 1.82) is 0 Å². The molecule has 1 atom stereocenters. The van der Waals surface area contributed by atoms with Gasteiger partial charge in [-0.1, -0.05) is 25.1 Å². The molecule has 1 aliphatic heterocycles. The van der Waals surface area contributed by atoms with E-state index in [9.17, 15) is 0 Å². The maximum atomic E-state index is 3.72. The number of piperidine rings is 1. The van der Waals surface area contributed by atoms with Crippen LogP contribution in [0.5, 0.6) is 0 Å². The van der Waals surface area contributed by atoms with Crippen molar-refractivity contribution in [2.24, 2.45) is 0 Å². The summed E-state index contributed by atoms with van der Waals surface area (Å²) >= 11 is 1.96. The zero-order valence-corrected chi connectivity index (χ0v) is 13.0. The first kappa shape index (κ1) is 14.7. The predicted molar refractivity (Wildman–Crippen MR) is 87.3 cm³/mol. The van der Waals surface area contributed by atoms with Gasteiger partial charge in [0.2, 0.25) is 0 Å². The lowest BCUT2D eigenvalue weighted by atomic mass is 10.0. The molecule has 0 bridgehead atoms. The van der Waals surface area contributed by atoms with E-state index in [1.807, 2.05) is 11.8 Å². The highest BCUT2D eigenvalue weighted by Crippen LogP contribution is 2.19. The molecule has 1 N–H and O–H groups in total. The number of rotatable bonds is 6. The molecule has 1 unspecified atom stereocenters. The molecule has 0 aromatic heterocycles. The first-order valence-electron chi connectivity index (χ1n) is 7.36. The third-order valence-electron chi connectivity index (χ3n) is 4.00. The number of para-hydroxylation sites is 1. The molecule has 1 saturated heterocycles. The molecule has 1 aromatic rings. The van der Waals surface area contributed by atoms with Crippen LogP contribution in [0.15, 0.2) is 30.3 Å². The van der Waals surface area contributed by atoms with E-state index >= 15 is 0 Å². The lowest BCUT2D eigenvalue weighted by Gasteiger charge is -2.34. The van der Waals surface area contributed by atoms with Crippen LogP contribution in [-0.4, -0.2) is 37.2 Å². The van der Waals surface area contributed by atoms with E-state index in [0.717, 1.165) is 11.8 Å². The van der Waals surface area contributed by atoms with Crippen LogP contribution in [0.25, 0.3) is 0 Å². The second-order valence-corrected chi connectivity index (χ2v) is 6.66. The minimum atomic E-state index is 0.717. The monoisotopic (exact) mass is 278 g/mol. The van der Waals surface area contributed by atoms with Crippen LogP contribution in [0.3, 0.4) is 0 Å². The van der Waals surface area contributed by atoms with E-state index in [4.69, 9.17) is 0 Å². The van der Waals surface area contributed by atoms with E-state index in [2.05, 4.69) is 53.7 Å². The summed E-state index contributed by atoms with van der Waals surface area (Å²) in [6.07, 6.45) is 6.01. The summed E-state index contributed by atoms with van der Waals surface area (Å²) < 4.78 is 0. The lowest BCUT2D eigenvalue weighted by molar-refractivity contribution is 0.413. The van der Waals surface area contributed by atoms with Gasteiger partial charge in [0.1, 0.15) is 0 Å². The topological polar surface area (TPSA) is 15.3 Å². The highest BCUT2D eigenvalue weighted by molar-refractivity contribution is 7.99. The summed E-state index contributed by atoms with van der Waals surface area (Å²) in [5, 5.41) is 4.49. The molecule has 0 spiro atoms. The Hall–Kier alpha value is -0.670. The van der Waals surface area contributed by atoms with Crippen molar-refractivity contribution in [1.82, 2.24) is 5.32 Å². The molecule has 19 heavy (non-hydrogen) atoms. The minimum Gasteiger partial charge on any atom is -0.371 e. The summed E-state index contributed by atoms with van der Waals surface area (Å²) in [6, 6.07) is 11.5. The van der Waals surface area contributed by atoms with E-state index < -0.39 is 0 Å². The smallest absolute Gasteiger partial charge is 0.0366 e. The molecular weight excluding hydrogens is 252 g/mol. The fourth-order valence-corrected chi connectivity index (χ4v) is 2.94. The zero-order valence-electron chi connectivity index (χ0n) is 12.1. The fraction of sp³-hybridized carbons (Fsp3) is 0.625. The zero-order chi connectivity index (χ0) is 13.5. The molecule has 0 radical (unpaired) electrons. The minimum absolute atomic E-state index is 0.717. The second kappa shape index (κ2) is 7.81. The summed E-state index contributed by atoms with van der Waals surface area (Å²) in [6.45, 7) is 5.84. The van der Waals surface area contributed by atoms with Gasteiger partial charge in [-0.25, -0.2) is 0 Å². The van der Waals surface area contributed by atoms with Gasteiger partial charge in [-0.15, -0.1) is 0 Å². The van der Waals surface area contributed by atoms with Crippen molar-refractivity contribution < 1.29 is 0 Å². The molecular formula is C16H26N2S. The Morgan fingerprint density at radius 2 is 1.95 bits per heavy atom. The van der Waals surface area contributed by atoms with Gasteiger partial charge >= 0.3 is 0 Å². The quantitative estimate of drug-likeness (QED) is 0.859. The molecule has 1 heterocycles. The van der Waals surface area contributed by atoms with E-state index in [1.54, 1.807) is 0 Å². The average molecular weight is 278 g/mol. The number of nitrogens with zero attached hydrogens (tertiary/aromatic N) is 1. The predicted octanol–water partition coefficient (Wildman–Crippen LogP) is 3.39. The Morgan fingerprint density at radius 3 is 2.58 bits per heavy atom. The molecule has 0 saturated carbocycles. The van der Waals surface area contributed by atoms with Crippen LogP contribution in [0.1, 0.15) is 26.2 Å². The number of anilines is 1. The Labute approximate surface area is 122 Å². The molecule has 2 rings (SSSR count). The highest BCUT2D eigenvalue weighted by Gasteiger charge is 2.18. The number of nitrogens with one attached hydrogen (secondary N) is 1. The van der Waals surface area contributed by atoms with Gasteiger partial charge < -0.3 is 10.2 Å². The molecule has 1 fully saturated rings. The maximum absolute atomic E-state index is 3.72. The average Bonchev–Trinajstić information content (AvgIpc) is 2.48. The second-order valence-electron chi connectivity index (χ2n) is 5.39. The maximum Gasteiger partial charge on any atom is 0.0366 e. The summed E-state index contributed by atoms with van der Waals surface area (Å²) in [4.78, 5) is 2.50. The Kier molecular flexibility index (Phi) is 6.05. The van der Waals surface area contributed by atoms with Crippen LogP contribution < -0.4 is 10.2 Å². The van der Waals surface area contributed by atoms with Crippen molar-refractivity contribution in [3.63, 3.8) is 0 Å². The number of thioether (sulfide) groups is 1. The molecule has 1 aromatic carbocycles. The molecule has 3 heteroatoms. The van der Waals surface area contributed by atoms with Crippen LogP contribution in [-0.2, 0) is 0 Å². The molecule has 2 nitrogen and oxygen atoms in total. The van der Waals surface area contributed by atoms with Gasteiger partial charge in [0.15, 0.2) is 0 Å². The van der Waals surface area contributed by atoms with Crippen molar-refractivity contribution in [2.45, 2.75) is 37.5 Å². The lowest BCUT2D eigenvalue weighted by Crippen LogP contribution is -2.43. The van der Waals surface area contributed by atoms with Gasteiger partial charge in [0.25, 0.3) is 0 Å². The van der Waals surface area contributed by atoms with Gasteiger partial charge in [-0.3, -0.25) is 0 Å². The van der Waals surface area contributed by atoms with Crippen LogP contribution >= 0.6 is 11.8 Å². The summed E-state index contributed by atoms with van der Waals surface area (Å²) in [5.74, 6) is 0. The molecule has 106 valence electrons. The molecule has 0 amide bonds. The van der Waals surface area contributed by atoms with Gasteiger partial charge in [-0.2, -0.15) is 11.8 Å². The SMILES string of the molecule is CSC(C)CCNC1CCN(c2ccccc2)CC1. The number of hydrogen-bond donors (Lipinski definition) is 1. The van der Waals surface area contributed by atoms with E-state index in [1.165, 1.54) is 38.0 Å². The standard InChI is InChI=1S/C16H26N2S/c1-14(19-2)8-11-17-15-9-12-18(13-10-15)16-6-4-3-5-7-16/h3-7,14-15,17H,8-13H2,1-2H3. The van der Waals surface area contributed by atoms with Crippen molar-refractivity contribution in [3.05, 3.63) is 30.3 Å². The fourth-order valence-electron chi connectivity index (χ4n) is 2.59. The Morgan fingerprint density at radius 1 is 1.26 bits per heavy atom. The van der Waals surface area contributed by atoms with Gasteiger partial charge in [0, 0.05) is 30.1 Å². The first-order chi connectivity index (χ1) is 9.29.